The van der Waals surface area contributed by atoms with E-state index in [1.165, 1.54) is 11.8 Å². The first-order chi connectivity index (χ1) is 9.36. The van der Waals surface area contributed by atoms with Crippen LogP contribution in [0.5, 0.6) is 0 Å². The van der Waals surface area contributed by atoms with Crippen LogP contribution < -0.4 is 5.32 Å². The Morgan fingerprint density at radius 2 is 2.11 bits per heavy atom. The summed E-state index contributed by atoms with van der Waals surface area (Å²) < 4.78 is 5.70. The number of fused-ring (bicyclic) bond motifs is 1. The minimum atomic E-state index is 0.622. The second kappa shape index (κ2) is 5.42. The Kier molecular flexibility index (Phi) is 3.48. The zero-order valence-corrected chi connectivity index (χ0v) is 11.3. The van der Waals surface area contributed by atoms with Gasteiger partial charge < -0.3 is 9.73 Å². The summed E-state index contributed by atoms with van der Waals surface area (Å²) in [6, 6.07) is 11.7. The van der Waals surface area contributed by atoms with Gasteiger partial charge in [-0.3, -0.25) is 0 Å². The summed E-state index contributed by atoms with van der Waals surface area (Å²) in [4.78, 5) is 8.83. The van der Waals surface area contributed by atoms with E-state index < -0.39 is 0 Å². The van der Waals surface area contributed by atoms with Gasteiger partial charge in [-0.25, -0.2) is 9.97 Å². The first-order valence-corrected chi connectivity index (χ1v) is 6.80. The normalized spacial score (nSPS) is 11.0. The predicted octanol–water partition coefficient (Wildman–Crippen LogP) is 3.09. The smallest absolute Gasteiger partial charge is 0.263 e. The van der Waals surface area contributed by atoms with Crippen LogP contribution in [0.3, 0.4) is 0 Å². The Bertz CT molecular complexity index is 663. The number of rotatable bonds is 4. The van der Waals surface area contributed by atoms with Crippen LogP contribution in [0.2, 0.25) is 0 Å². The fourth-order valence-electron chi connectivity index (χ4n) is 1.82. The molecular formula is C14H13N3OS. The molecule has 19 heavy (non-hydrogen) atoms. The molecule has 5 heteroatoms. The molecule has 0 radical (unpaired) electrons. The van der Waals surface area contributed by atoms with E-state index in [0.717, 1.165) is 28.2 Å². The van der Waals surface area contributed by atoms with E-state index in [2.05, 4.69) is 21.4 Å². The van der Waals surface area contributed by atoms with Crippen LogP contribution in [-0.4, -0.2) is 17.0 Å². The molecule has 2 heterocycles. The summed E-state index contributed by atoms with van der Waals surface area (Å²) in [5.74, 6) is 0. The molecule has 0 fully saturated rings. The summed E-state index contributed by atoms with van der Waals surface area (Å²) in [5, 5.41) is 4.67. The minimum Gasteiger partial charge on any atom is -0.431 e. The van der Waals surface area contributed by atoms with Gasteiger partial charge in [0.25, 0.3) is 5.22 Å². The molecular weight excluding hydrogens is 258 g/mol. The number of pyridine rings is 1. The Morgan fingerprint density at radius 3 is 2.95 bits per heavy atom. The molecule has 96 valence electrons. The van der Waals surface area contributed by atoms with Gasteiger partial charge in [-0.05, 0) is 42.6 Å². The standard InChI is InChI=1S/C14H13N3OS/c1-15-9-10-5-4-8-16-13(10)19-14-17-11-6-2-3-7-12(11)18-14/h2-8,15H,9H2,1H3. The molecule has 0 aliphatic heterocycles. The SMILES string of the molecule is CNCc1cccnc1Sc1nc2ccccc2o1. The molecule has 0 atom stereocenters. The number of benzene rings is 1. The van der Waals surface area contributed by atoms with E-state index in [1.807, 2.05) is 37.4 Å². The molecule has 0 saturated heterocycles. The average Bonchev–Trinajstić information content (AvgIpc) is 2.83. The molecule has 1 N–H and O–H groups in total. The van der Waals surface area contributed by atoms with Gasteiger partial charge in [-0.1, -0.05) is 18.2 Å². The average molecular weight is 271 g/mol. The lowest BCUT2D eigenvalue weighted by Crippen LogP contribution is -2.06. The highest BCUT2D eigenvalue weighted by atomic mass is 32.2. The van der Waals surface area contributed by atoms with Crippen molar-refractivity contribution in [1.82, 2.24) is 15.3 Å². The molecule has 3 aromatic rings. The van der Waals surface area contributed by atoms with Gasteiger partial charge in [0.05, 0.1) is 0 Å². The third kappa shape index (κ3) is 2.62. The van der Waals surface area contributed by atoms with Crippen molar-refractivity contribution >= 4 is 22.9 Å². The molecule has 0 bridgehead atoms. The number of oxazole rings is 1. The van der Waals surface area contributed by atoms with Gasteiger partial charge >= 0.3 is 0 Å². The fraction of sp³-hybridized carbons (Fsp3) is 0.143. The highest BCUT2D eigenvalue weighted by molar-refractivity contribution is 7.99. The number of nitrogens with one attached hydrogen (secondary N) is 1. The number of nitrogens with zero attached hydrogens (tertiary/aromatic N) is 2. The molecule has 0 aliphatic carbocycles. The topological polar surface area (TPSA) is 51.0 Å². The largest absolute Gasteiger partial charge is 0.431 e. The zero-order chi connectivity index (χ0) is 13.1. The number of para-hydroxylation sites is 2. The molecule has 0 aliphatic rings. The Morgan fingerprint density at radius 1 is 1.21 bits per heavy atom. The van der Waals surface area contributed by atoms with Gasteiger partial charge in [0, 0.05) is 12.7 Å². The summed E-state index contributed by atoms with van der Waals surface area (Å²) in [5.41, 5.74) is 2.81. The van der Waals surface area contributed by atoms with Crippen LogP contribution in [0, 0.1) is 0 Å². The van der Waals surface area contributed by atoms with Gasteiger partial charge in [0.2, 0.25) is 0 Å². The van der Waals surface area contributed by atoms with Crippen molar-refractivity contribution in [1.29, 1.82) is 0 Å². The molecule has 0 saturated carbocycles. The van der Waals surface area contributed by atoms with Crippen molar-refractivity contribution in [2.24, 2.45) is 0 Å². The van der Waals surface area contributed by atoms with E-state index in [9.17, 15) is 0 Å². The van der Waals surface area contributed by atoms with Crippen molar-refractivity contribution in [2.45, 2.75) is 16.8 Å². The third-order valence-corrected chi connectivity index (χ3v) is 3.59. The van der Waals surface area contributed by atoms with Gasteiger partial charge in [-0.15, -0.1) is 0 Å². The maximum atomic E-state index is 5.70. The van der Waals surface area contributed by atoms with Gasteiger partial charge in [-0.2, -0.15) is 0 Å². The van der Waals surface area contributed by atoms with E-state index in [-0.39, 0.29) is 0 Å². The van der Waals surface area contributed by atoms with E-state index >= 15 is 0 Å². The lowest BCUT2D eigenvalue weighted by atomic mass is 10.3. The Balaban J connectivity index is 1.92. The molecule has 2 aromatic heterocycles. The molecule has 4 nitrogen and oxygen atoms in total. The maximum Gasteiger partial charge on any atom is 0.263 e. The molecule has 3 rings (SSSR count). The van der Waals surface area contributed by atoms with Crippen molar-refractivity contribution in [2.75, 3.05) is 7.05 Å². The third-order valence-electron chi connectivity index (χ3n) is 2.68. The van der Waals surface area contributed by atoms with Gasteiger partial charge in [0.1, 0.15) is 10.5 Å². The molecule has 1 aromatic carbocycles. The summed E-state index contributed by atoms with van der Waals surface area (Å²) in [6.07, 6.45) is 1.78. The lowest BCUT2D eigenvalue weighted by molar-refractivity contribution is 0.489. The highest BCUT2D eigenvalue weighted by Crippen LogP contribution is 2.30. The number of aromatic nitrogens is 2. The maximum absolute atomic E-state index is 5.70. The van der Waals surface area contributed by atoms with Crippen molar-refractivity contribution in [3.63, 3.8) is 0 Å². The molecule has 0 spiro atoms. The van der Waals surface area contributed by atoms with E-state index in [4.69, 9.17) is 4.42 Å². The fourth-order valence-corrected chi connectivity index (χ4v) is 2.64. The van der Waals surface area contributed by atoms with Crippen LogP contribution in [0.15, 0.2) is 57.3 Å². The second-order valence-electron chi connectivity index (χ2n) is 4.05. The summed E-state index contributed by atoms with van der Waals surface area (Å²) in [6.45, 7) is 0.774. The first-order valence-electron chi connectivity index (χ1n) is 5.99. The van der Waals surface area contributed by atoms with Crippen LogP contribution in [0.25, 0.3) is 11.1 Å². The van der Waals surface area contributed by atoms with Crippen molar-refractivity contribution in [3.8, 4) is 0 Å². The number of hydrogen-bond acceptors (Lipinski definition) is 5. The first kappa shape index (κ1) is 12.2. The summed E-state index contributed by atoms with van der Waals surface area (Å²) >= 11 is 1.45. The van der Waals surface area contributed by atoms with Gasteiger partial charge in [0.15, 0.2) is 5.58 Å². The van der Waals surface area contributed by atoms with E-state index in [0.29, 0.717) is 5.22 Å². The predicted molar refractivity (Wildman–Crippen MR) is 75.1 cm³/mol. The van der Waals surface area contributed by atoms with Crippen LogP contribution in [0.1, 0.15) is 5.56 Å². The van der Waals surface area contributed by atoms with Crippen LogP contribution in [0.4, 0.5) is 0 Å². The van der Waals surface area contributed by atoms with Crippen molar-refractivity contribution in [3.05, 3.63) is 48.2 Å². The number of hydrogen-bond donors (Lipinski definition) is 1. The van der Waals surface area contributed by atoms with Crippen molar-refractivity contribution < 1.29 is 4.42 Å². The minimum absolute atomic E-state index is 0.622. The van der Waals surface area contributed by atoms with Crippen LogP contribution in [-0.2, 0) is 6.54 Å². The molecule has 0 amide bonds. The molecule has 0 unspecified atom stereocenters. The van der Waals surface area contributed by atoms with Crippen LogP contribution >= 0.6 is 11.8 Å². The Hall–Kier alpha value is -1.85. The quantitative estimate of drug-likeness (QED) is 0.790. The monoisotopic (exact) mass is 271 g/mol. The van der Waals surface area contributed by atoms with E-state index in [1.54, 1.807) is 6.20 Å². The lowest BCUT2D eigenvalue weighted by Gasteiger charge is -2.04. The zero-order valence-electron chi connectivity index (χ0n) is 10.5. The second-order valence-corrected chi connectivity index (χ2v) is 4.99. The highest BCUT2D eigenvalue weighted by Gasteiger charge is 2.10. The summed E-state index contributed by atoms with van der Waals surface area (Å²) in [7, 11) is 1.92. The Labute approximate surface area is 115 Å².